The van der Waals surface area contributed by atoms with Gasteiger partial charge in [-0.3, -0.25) is 10.1 Å². The van der Waals surface area contributed by atoms with E-state index < -0.39 is 4.92 Å². The van der Waals surface area contributed by atoms with Crippen molar-refractivity contribution in [3.8, 4) is 0 Å². The number of benzene rings is 1. The second-order valence-electron chi connectivity index (χ2n) is 4.19. The average Bonchev–Trinajstić information content (AvgIpc) is 2.69. The van der Waals surface area contributed by atoms with E-state index >= 15 is 0 Å². The molecule has 1 heterocycles. The number of aromatic nitrogens is 2. The molecule has 0 aliphatic rings. The Morgan fingerprint density at radius 1 is 1.50 bits per heavy atom. The Morgan fingerprint density at radius 2 is 2.22 bits per heavy atom. The Morgan fingerprint density at radius 3 is 2.78 bits per heavy atom. The van der Waals surface area contributed by atoms with Gasteiger partial charge in [0.2, 0.25) is 0 Å². The summed E-state index contributed by atoms with van der Waals surface area (Å²) in [5.74, 6) is 0.578. The SMILES string of the molecule is Cc1cnn(C(C)c2cccc([N+](=O)[O-])c2)c1N. The highest BCUT2D eigenvalue weighted by atomic mass is 16.6. The van der Waals surface area contributed by atoms with Gasteiger partial charge >= 0.3 is 0 Å². The van der Waals surface area contributed by atoms with Crippen molar-refractivity contribution in [2.45, 2.75) is 19.9 Å². The van der Waals surface area contributed by atoms with Crippen LogP contribution in [0, 0.1) is 17.0 Å². The first-order valence-electron chi connectivity index (χ1n) is 5.54. The van der Waals surface area contributed by atoms with Crippen LogP contribution in [0.25, 0.3) is 0 Å². The van der Waals surface area contributed by atoms with Gasteiger partial charge in [0.05, 0.1) is 17.2 Å². The summed E-state index contributed by atoms with van der Waals surface area (Å²) in [4.78, 5) is 10.3. The number of nitrogens with zero attached hydrogens (tertiary/aromatic N) is 3. The average molecular weight is 246 g/mol. The van der Waals surface area contributed by atoms with Crippen LogP contribution in [-0.4, -0.2) is 14.7 Å². The fraction of sp³-hybridized carbons (Fsp3) is 0.250. The summed E-state index contributed by atoms with van der Waals surface area (Å²) in [6.07, 6.45) is 1.68. The monoisotopic (exact) mass is 246 g/mol. The molecule has 94 valence electrons. The number of hydrogen-bond acceptors (Lipinski definition) is 4. The van der Waals surface area contributed by atoms with E-state index in [2.05, 4.69) is 5.10 Å². The maximum absolute atomic E-state index is 10.7. The van der Waals surface area contributed by atoms with Crippen LogP contribution >= 0.6 is 0 Å². The van der Waals surface area contributed by atoms with Crippen molar-refractivity contribution in [1.29, 1.82) is 0 Å². The van der Waals surface area contributed by atoms with Gasteiger partial charge in [-0.05, 0) is 19.4 Å². The first-order valence-corrected chi connectivity index (χ1v) is 5.54. The van der Waals surface area contributed by atoms with Gasteiger partial charge in [-0.2, -0.15) is 5.10 Å². The number of rotatable bonds is 3. The lowest BCUT2D eigenvalue weighted by molar-refractivity contribution is -0.384. The molecule has 6 nitrogen and oxygen atoms in total. The third-order valence-electron chi connectivity index (χ3n) is 2.96. The molecule has 0 aliphatic carbocycles. The van der Waals surface area contributed by atoms with Gasteiger partial charge < -0.3 is 5.73 Å². The number of non-ortho nitro benzene ring substituents is 1. The fourth-order valence-corrected chi connectivity index (χ4v) is 1.81. The quantitative estimate of drug-likeness (QED) is 0.664. The molecule has 0 saturated heterocycles. The zero-order valence-corrected chi connectivity index (χ0v) is 10.2. The topological polar surface area (TPSA) is 87.0 Å². The minimum Gasteiger partial charge on any atom is -0.384 e. The van der Waals surface area contributed by atoms with Crippen LogP contribution in [0.4, 0.5) is 11.5 Å². The Balaban J connectivity index is 2.40. The van der Waals surface area contributed by atoms with Crippen LogP contribution in [0.1, 0.15) is 24.1 Å². The molecule has 0 bridgehead atoms. The Hall–Kier alpha value is -2.37. The van der Waals surface area contributed by atoms with E-state index in [-0.39, 0.29) is 11.7 Å². The van der Waals surface area contributed by atoms with Gasteiger partial charge in [0.25, 0.3) is 5.69 Å². The van der Waals surface area contributed by atoms with Crippen molar-refractivity contribution < 1.29 is 4.92 Å². The molecule has 1 aromatic heterocycles. The molecule has 2 N–H and O–H groups in total. The molecular weight excluding hydrogens is 232 g/mol. The van der Waals surface area contributed by atoms with Gasteiger partial charge in [0.1, 0.15) is 5.82 Å². The molecule has 0 saturated carbocycles. The summed E-state index contributed by atoms with van der Waals surface area (Å²) >= 11 is 0. The van der Waals surface area contributed by atoms with Crippen LogP contribution in [0.15, 0.2) is 30.5 Å². The maximum Gasteiger partial charge on any atom is 0.269 e. The highest BCUT2D eigenvalue weighted by Crippen LogP contribution is 2.24. The number of hydrogen-bond donors (Lipinski definition) is 1. The molecule has 18 heavy (non-hydrogen) atoms. The predicted octanol–water partition coefficient (Wildman–Crippen LogP) is 2.29. The van der Waals surface area contributed by atoms with Crippen LogP contribution in [-0.2, 0) is 0 Å². The highest BCUT2D eigenvalue weighted by molar-refractivity contribution is 5.41. The fourth-order valence-electron chi connectivity index (χ4n) is 1.81. The number of anilines is 1. The number of nitro groups is 1. The minimum absolute atomic E-state index is 0.0711. The minimum atomic E-state index is -0.409. The van der Waals surface area contributed by atoms with Crippen LogP contribution in [0.3, 0.4) is 0 Å². The summed E-state index contributed by atoms with van der Waals surface area (Å²) in [6.45, 7) is 3.78. The molecule has 0 spiro atoms. The molecule has 0 amide bonds. The van der Waals surface area contributed by atoms with Crippen molar-refractivity contribution in [3.63, 3.8) is 0 Å². The third-order valence-corrected chi connectivity index (χ3v) is 2.96. The second-order valence-corrected chi connectivity index (χ2v) is 4.19. The number of aryl methyl sites for hydroxylation is 1. The molecular formula is C12H14N4O2. The molecule has 0 aliphatic heterocycles. The molecule has 1 aromatic carbocycles. The number of nitro benzene ring substituents is 1. The van der Waals surface area contributed by atoms with Gasteiger partial charge in [-0.25, -0.2) is 4.68 Å². The summed E-state index contributed by atoms with van der Waals surface area (Å²) in [7, 11) is 0. The summed E-state index contributed by atoms with van der Waals surface area (Å²) in [6, 6.07) is 6.36. The van der Waals surface area contributed by atoms with Crippen LogP contribution in [0.5, 0.6) is 0 Å². The summed E-state index contributed by atoms with van der Waals surface area (Å²) in [5, 5.41) is 14.9. The lowest BCUT2D eigenvalue weighted by Gasteiger charge is -2.14. The molecule has 2 rings (SSSR count). The zero-order chi connectivity index (χ0) is 13.3. The lowest BCUT2D eigenvalue weighted by Crippen LogP contribution is -2.11. The number of nitrogen functional groups attached to an aromatic ring is 1. The Bertz CT molecular complexity index is 592. The van der Waals surface area contributed by atoms with Crippen LogP contribution in [0.2, 0.25) is 0 Å². The molecule has 1 atom stereocenters. The van der Waals surface area contributed by atoms with Crippen molar-refractivity contribution in [3.05, 3.63) is 51.7 Å². The molecule has 6 heteroatoms. The molecule has 0 radical (unpaired) electrons. The maximum atomic E-state index is 10.7. The first kappa shape index (κ1) is 12.1. The third kappa shape index (κ3) is 2.04. The number of nitrogens with two attached hydrogens (primary N) is 1. The van der Waals surface area contributed by atoms with Gasteiger partial charge in [0, 0.05) is 17.7 Å². The second kappa shape index (κ2) is 4.48. The van der Waals surface area contributed by atoms with E-state index in [4.69, 9.17) is 5.73 Å². The van der Waals surface area contributed by atoms with E-state index in [0.717, 1.165) is 11.1 Å². The summed E-state index contributed by atoms with van der Waals surface area (Å²) in [5.41, 5.74) is 7.68. The zero-order valence-electron chi connectivity index (χ0n) is 10.2. The lowest BCUT2D eigenvalue weighted by atomic mass is 10.1. The highest BCUT2D eigenvalue weighted by Gasteiger charge is 2.15. The summed E-state index contributed by atoms with van der Waals surface area (Å²) < 4.78 is 1.66. The first-order chi connectivity index (χ1) is 8.50. The van der Waals surface area contributed by atoms with E-state index in [9.17, 15) is 10.1 Å². The molecule has 0 fully saturated rings. The van der Waals surface area contributed by atoms with Crippen molar-refractivity contribution in [2.75, 3.05) is 5.73 Å². The van der Waals surface area contributed by atoms with E-state index in [1.165, 1.54) is 6.07 Å². The standard InChI is InChI=1S/C12H14N4O2/c1-8-7-14-15(12(8)13)9(2)10-4-3-5-11(6-10)16(17)18/h3-7,9H,13H2,1-2H3. The predicted molar refractivity (Wildman–Crippen MR) is 68.3 cm³/mol. The van der Waals surface area contributed by atoms with Gasteiger partial charge in [0.15, 0.2) is 0 Å². The van der Waals surface area contributed by atoms with Crippen molar-refractivity contribution in [1.82, 2.24) is 9.78 Å². The smallest absolute Gasteiger partial charge is 0.269 e. The van der Waals surface area contributed by atoms with E-state index in [0.29, 0.717) is 5.82 Å². The molecule has 1 unspecified atom stereocenters. The largest absolute Gasteiger partial charge is 0.384 e. The van der Waals surface area contributed by atoms with Gasteiger partial charge in [-0.1, -0.05) is 12.1 Å². The van der Waals surface area contributed by atoms with E-state index in [1.54, 1.807) is 23.0 Å². The normalized spacial score (nSPS) is 12.3. The molecule has 2 aromatic rings. The van der Waals surface area contributed by atoms with Gasteiger partial charge in [-0.15, -0.1) is 0 Å². The Kier molecular flexibility index (Phi) is 3.01. The Labute approximate surface area is 104 Å². The van der Waals surface area contributed by atoms with Crippen molar-refractivity contribution >= 4 is 11.5 Å². The van der Waals surface area contributed by atoms with Crippen molar-refractivity contribution in [2.24, 2.45) is 0 Å². The van der Waals surface area contributed by atoms with E-state index in [1.807, 2.05) is 19.9 Å². The van der Waals surface area contributed by atoms with Crippen LogP contribution < -0.4 is 5.73 Å².